The van der Waals surface area contributed by atoms with Gasteiger partial charge in [-0.3, -0.25) is 9.59 Å². The number of fused-ring (bicyclic) bond motifs is 1. The molecule has 5 nitrogen and oxygen atoms in total. The minimum Gasteiger partial charge on any atom is -0.266 e. The summed E-state index contributed by atoms with van der Waals surface area (Å²) in [6, 6.07) is 15.2. The highest BCUT2D eigenvalue weighted by atomic mass is 32.1. The van der Waals surface area contributed by atoms with Crippen LogP contribution in [0.25, 0.3) is 11.0 Å². The molecule has 0 saturated heterocycles. The van der Waals surface area contributed by atoms with Gasteiger partial charge in [0.1, 0.15) is 11.5 Å². The van der Waals surface area contributed by atoms with E-state index in [1.54, 1.807) is 18.2 Å². The van der Waals surface area contributed by atoms with E-state index >= 15 is 0 Å². The third kappa shape index (κ3) is 3.16. The Morgan fingerprint density at radius 3 is 2.50 bits per heavy atom. The summed E-state index contributed by atoms with van der Waals surface area (Å²) in [5, 5.41) is 4.18. The maximum absolute atomic E-state index is 13.0. The van der Waals surface area contributed by atoms with E-state index in [0.29, 0.717) is 4.53 Å². The summed E-state index contributed by atoms with van der Waals surface area (Å²) in [6.07, 6.45) is 1.93. The highest BCUT2D eigenvalue weighted by Gasteiger charge is 2.11. The third-order valence-corrected chi connectivity index (χ3v) is 4.79. The summed E-state index contributed by atoms with van der Waals surface area (Å²) < 4.78 is 14.6. The summed E-state index contributed by atoms with van der Waals surface area (Å²) in [4.78, 5) is 29.0. The lowest BCUT2D eigenvalue weighted by Gasteiger charge is -2.00. The molecule has 4 aromatic rings. The van der Waals surface area contributed by atoms with Crippen molar-refractivity contribution >= 4 is 22.4 Å². The highest BCUT2D eigenvalue weighted by molar-refractivity contribution is 7.15. The second-order valence-electron chi connectivity index (χ2n) is 5.69. The Kier molecular flexibility index (Phi) is 4.14. The first-order valence-corrected chi connectivity index (χ1v) is 8.66. The van der Waals surface area contributed by atoms with Gasteiger partial charge in [0.2, 0.25) is 4.96 Å². The van der Waals surface area contributed by atoms with Crippen LogP contribution >= 0.6 is 11.3 Å². The fourth-order valence-corrected chi connectivity index (χ4v) is 3.45. The van der Waals surface area contributed by atoms with E-state index < -0.39 is 5.56 Å². The van der Waals surface area contributed by atoms with Gasteiger partial charge in [0, 0.05) is 6.42 Å². The summed E-state index contributed by atoms with van der Waals surface area (Å²) in [5.41, 5.74) is 0.945. The van der Waals surface area contributed by atoms with Gasteiger partial charge in [-0.15, -0.1) is 0 Å². The minimum absolute atomic E-state index is 0.148. The molecule has 0 N–H and O–H groups in total. The lowest BCUT2D eigenvalue weighted by Crippen LogP contribution is -2.28. The quantitative estimate of drug-likeness (QED) is 0.555. The Balaban J connectivity index is 1.80. The molecule has 0 unspecified atom stereocenters. The van der Waals surface area contributed by atoms with Crippen molar-refractivity contribution in [3.63, 3.8) is 0 Å². The molecule has 2 aromatic carbocycles. The molecule has 26 heavy (non-hydrogen) atoms. The van der Waals surface area contributed by atoms with Gasteiger partial charge in [0.25, 0.3) is 11.1 Å². The van der Waals surface area contributed by atoms with Crippen molar-refractivity contribution < 1.29 is 4.39 Å². The fraction of sp³-hybridized carbons (Fsp3) is 0.0526. The molecule has 4 rings (SSSR count). The molecule has 2 heterocycles. The zero-order valence-electron chi connectivity index (χ0n) is 13.4. The number of benzene rings is 2. The van der Waals surface area contributed by atoms with Crippen LogP contribution in [0.1, 0.15) is 16.8 Å². The van der Waals surface area contributed by atoms with Gasteiger partial charge in [0.05, 0.1) is 4.53 Å². The van der Waals surface area contributed by atoms with E-state index in [1.165, 1.54) is 12.1 Å². The number of halogens is 1. The predicted molar refractivity (Wildman–Crippen MR) is 97.8 cm³/mol. The van der Waals surface area contributed by atoms with Crippen molar-refractivity contribution in [2.45, 2.75) is 6.42 Å². The molecule has 0 fully saturated rings. The van der Waals surface area contributed by atoms with E-state index in [-0.39, 0.29) is 28.5 Å². The Hall–Kier alpha value is -3.19. The molecule has 0 aliphatic rings. The lowest BCUT2D eigenvalue weighted by atomic mass is 10.1. The van der Waals surface area contributed by atoms with Crippen molar-refractivity contribution in [1.82, 2.24) is 14.6 Å². The summed E-state index contributed by atoms with van der Waals surface area (Å²) >= 11 is 1.12. The molecule has 0 bridgehead atoms. The Morgan fingerprint density at radius 2 is 1.77 bits per heavy atom. The van der Waals surface area contributed by atoms with Gasteiger partial charge in [-0.05, 0) is 29.3 Å². The Bertz CT molecular complexity index is 1250. The molecule has 0 aliphatic heterocycles. The van der Waals surface area contributed by atoms with E-state index in [0.717, 1.165) is 27.0 Å². The van der Waals surface area contributed by atoms with Crippen LogP contribution in [0.15, 0.2) is 64.2 Å². The molecular formula is C19H12FN3O2S. The zero-order chi connectivity index (χ0) is 18.1. The SMILES string of the molecule is O=c1nc2s/c(=C/c3ccccc3)c(=O)n2nc1Cc1ccc(F)cc1. The average Bonchev–Trinajstić information content (AvgIpc) is 2.93. The van der Waals surface area contributed by atoms with E-state index in [2.05, 4.69) is 10.1 Å². The predicted octanol–water partition coefficient (Wildman–Crippen LogP) is 1.79. The summed E-state index contributed by atoms with van der Waals surface area (Å²) in [7, 11) is 0. The van der Waals surface area contributed by atoms with Gasteiger partial charge >= 0.3 is 0 Å². The van der Waals surface area contributed by atoms with Gasteiger partial charge in [-0.1, -0.05) is 53.8 Å². The van der Waals surface area contributed by atoms with Crippen molar-refractivity contribution in [2.75, 3.05) is 0 Å². The first-order chi connectivity index (χ1) is 12.6. The molecule has 0 atom stereocenters. The second kappa shape index (κ2) is 6.61. The van der Waals surface area contributed by atoms with Crippen molar-refractivity contribution in [3.05, 3.63) is 102 Å². The topological polar surface area (TPSA) is 64.3 Å². The normalized spacial score (nSPS) is 12.0. The molecule has 128 valence electrons. The maximum Gasteiger partial charge on any atom is 0.296 e. The molecule has 2 aromatic heterocycles. The van der Waals surface area contributed by atoms with Crippen LogP contribution in [-0.4, -0.2) is 14.6 Å². The van der Waals surface area contributed by atoms with Crippen LogP contribution in [0, 0.1) is 5.82 Å². The maximum atomic E-state index is 13.0. The molecule has 0 radical (unpaired) electrons. The Morgan fingerprint density at radius 1 is 1.04 bits per heavy atom. The third-order valence-electron chi connectivity index (χ3n) is 3.83. The van der Waals surface area contributed by atoms with Gasteiger partial charge in [-0.25, -0.2) is 4.39 Å². The van der Waals surface area contributed by atoms with Crippen LogP contribution in [0.3, 0.4) is 0 Å². The molecule has 7 heteroatoms. The number of aromatic nitrogens is 3. The highest BCUT2D eigenvalue weighted by Crippen LogP contribution is 2.07. The average molecular weight is 365 g/mol. The van der Waals surface area contributed by atoms with Crippen molar-refractivity contribution in [2.24, 2.45) is 0 Å². The monoisotopic (exact) mass is 365 g/mol. The second-order valence-corrected chi connectivity index (χ2v) is 6.70. The fourth-order valence-electron chi connectivity index (χ4n) is 2.55. The van der Waals surface area contributed by atoms with Crippen LogP contribution in [-0.2, 0) is 6.42 Å². The molecule has 0 spiro atoms. The van der Waals surface area contributed by atoms with Crippen LogP contribution in [0.4, 0.5) is 4.39 Å². The summed E-state index contributed by atoms with van der Waals surface area (Å²) in [6.45, 7) is 0. The molecular weight excluding hydrogens is 353 g/mol. The number of rotatable bonds is 3. The zero-order valence-corrected chi connectivity index (χ0v) is 14.2. The Labute approximate surface area is 150 Å². The van der Waals surface area contributed by atoms with Crippen LogP contribution < -0.4 is 15.7 Å². The first kappa shape index (κ1) is 16.3. The summed E-state index contributed by atoms with van der Waals surface area (Å²) in [5.74, 6) is -0.354. The molecule has 0 saturated carbocycles. The smallest absolute Gasteiger partial charge is 0.266 e. The number of thiazole rings is 1. The molecule has 0 amide bonds. The number of nitrogens with zero attached hydrogens (tertiary/aromatic N) is 3. The standard InChI is InChI=1S/C19H12FN3O2S/c20-14-8-6-13(7-9-14)10-15-17(24)21-19-23(22-15)18(25)16(26-19)11-12-4-2-1-3-5-12/h1-9,11H,10H2/b16-11+. The van der Waals surface area contributed by atoms with E-state index in [1.807, 2.05) is 30.3 Å². The van der Waals surface area contributed by atoms with Crippen molar-refractivity contribution in [1.29, 1.82) is 0 Å². The number of hydrogen-bond acceptors (Lipinski definition) is 5. The first-order valence-electron chi connectivity index (χ1n) is 7.84. The van der Waals surface area contributed by atoms with Gasteiger partial charge in [-0.2, -0.15) is 14.6 Å². The van der Waals surface area contributed by atoms with Gasteiger partial charge < -0.3 is 0 Å². The largest absolute Gasteiger partial charge is 0.296 e. The minimum atomic E-state index is -0.484. The van der Waals surface area contributed by atoms with E-state index in [4.69, 9.17) is 0 Å². The lowest BCUT2D eigenvalue weighted by molar-refractivity contribution is 0.627. The van der Waals surface area contributed by atoms with E-state index in [9.17, 15) is 14.0 Å². The molecule has 0 aliphatic carbocycles. The van der Waals surface area contributed by atoms with Crippen LogP contribution in [0.5, 0.6) is 0 Å². The van der Waals surface area contributed by atoms with Crippen molar-refractivity contribution in [3.8, 4) is 0 Å². The number of hydrogen-bond donors (Lipinski definition) is 0. The van der Waals surface area contributed by atoms with Gasteiger partial charge in [0.15, 0.2) is 0 Å². The van der Waals surface area contributed by atoms with Crippen LogP contribution in [0.2, 0.25) is 0 Å².